The van der Waals surface area contributed by atoms with Gasteiger partial charge in [-0.05, 0) is 43.2 Å². The third kappa shape index (κ3) is 3.58. The molecule has 26 heavy (non-hydrogen) atoms. The van der Waals surface area contributed by atoms with Crippen molar-refractivity contribution in [3.63, 3.8) is 0 Å². The first-order valence-corrected chi connectivity index (χ1v) is 8.43. The Kier molecular flexibility index (Phi) is 5.01. The number of aromatic amines is 2. The molecule has 0 atom stereocenters. The topological polar surface area (TPSA) is 102 Å². The van der Waals surface area contributed by atoms with E-state index in [1.807, 2.05) is 0 Å². The molecule has 2 aromatic rings. The van der Waals surface area contributed by atoms with Crippen LogP contribution in [0, 0.1) is 0 Å². The highest BCUT2D eigenvalue weighted by molar-refractivity contribution is 6.01. The van der Waals surface area contributed by atoms with Crippen molar-refractivity contribution in [1.82, 2.24) is 20.1 Å². The van der Waals surface area contributed by atoms with Crippen LogP contribution in [-0.4, -0.2) is 52.0 Å². The molecule has 1 aromatic carbocycles. The van der Waals surface area contributed by atoms with Gasteiger partial charge in [-0.1, -0.05) is 6.58 Å². The zero-order chi connectivity index (χ0) is 18.7. The van der Waals surface area contributed by atoms with Crippen LogP contribution >= 0.6 is 0 Å². The first-order chi connectivity index (χ1) is 12.5. The van der Waals surface area contributed by atoms with E-state index in [1.54, 1.807) is 36.2 Å². The average molecular weight is 355 g/mol. The Labute approximate surface area is 150 Å². The van der Waals surface area contributed by atoms with Crippen molar-refractivity contribution in [2.45, 2.75) is 18.8 Å². The summed E-state index contributed by atoms with van der Waals surface area (Å²) in [5, 5.41) is 6.36. The minimum absolute atomic E-state index is 0.0387. The van der Waals surface area contributed by atoms with E-state index >= 15 is 0 Å². The van der Waals surface area contributed by atoms with Crippen molar-refractivity contribution in [1.29, 1.82) is 0 Å². The number of nitrogens with zero attached hydrogens (tertiary/aromatic N) is 3. The van der Waals surface area contributed by atoms with E-state index in [4.69, 9.17) is 0 Å². The summed E-state index contributed by atoms with van der Waals surface area (Å²) in [6, 6.07) is 6.94. The van der Waals surface area contributed by atoms with E-state index in [9.17, 15) is 14.4 Å². The van der Waals surface area contributed by atoms with E-state index in [1.165, 1.54) is 11.0 Å². The van der Waals surface area contributed by atoms with Crippen LogP contribution in [-0.2, 0) is 4.79 Å². The lowest BCUT2D eigenvalue weighted by Crippen LogP contribution is -2.38. The number of anilines is 1. The highest BCUT2D eigenvalue weighted by atomic mass is 16.2. The summed E-state index contributed by atoms with van der Waals surface area (Å²) in [7, 11) is 1.66. The SMILES string of the molecule is C=CC(=O)N(C)c1ccc(C(=O)N2CCC(c3n[nH]c(=O)[nH]3)CC2)cc1. The lowest BCUT2D eigenvalue weighted by atomic mass is 9.95. The molecule has 2 amide bonds. The molecule has 0 saturated carbocycles. The molecule has 0 bridgehead atoms. The summed E-state index contributed by atoms with van der Waals surface area (Å²) < 4.78 is 0. The van der Waals surface area contributed by atoms with Crippen LogP contribution in [0.2, 0.25) is 0 Å². The number of likely N-dealkylation sites (N-methyl/N-ethyl adjacent to an activating group) is 1. The molecule has 0 spiro atoms. The number of likely N-dealkylation sites (tertiary alicyclic amines) is 1. The Balaban J connectivity index is 1.62. The van der Waals surface area contributed by atoms with Gasteiger partial charge in [-0.2, -0.15) is 5.10 Å². The first-order valence-electron chi connectivity index (χ1n) is 8.43. The van der Waals surface area contributed by atoms with E-state index in [2.05, 4.69) is 21.8 Å². The van der Waals surface area contributed by atoms with Gasteiger partial charge in [0.2, 0.25) is 5.91 Å². The maximum atomic E-state index is 12.7. The van der Waals surface area contributed by atoms with Crippen LogP contribution in [0.15, 0.2) is 41.7 Å². The second kappa shape index (κ2) is 7.38. The number of piperidine rings is 1. The zero-order valence-electron chi connectivity index (χ0n) is 14.6. The van der Waals surface area contributed by atoms with E-state index in [0.717, 1.165) is 12.8 Å². The lowest BCUT2D eigenvalue weighted by Gasteiger charge is -2.31. The largest absolute Gasteiger partial charge is 0.340 e. The van der Waals surface area contributed by atoms with Gasteiger partial charge in [-0.15, -0.1) is 0 Å². The predicted octanol–water partition coefficient (Wildman–Crippen LogP) is 1.27. The van der Waals surface area contributed by atoms with Gasteiger partial charge in [-0.25, -0.2) is 9.89 Å². The lowest BCUT2D eigenvalue weighted by molar-refractivity contribution is -0.113. The molecule has 1 aliphatic heterocycles. The van der Waals surface area contributed by atoms with Crippen molar-refractivity contribution in [3.8, 4) is 0 Å². The summed E-state index contributed by atoms with van der Waals surface area (Å²) in [6.07, 6.45) is 2.75. The van der Waals surface area contributed by atoms with Crippen LogP contribution in [0.3, 0.4) is 0 Å². The van der Waals surface area contributed by atoms with Crippen molar-refractivity contribution < 1.29 is 9.59 Å². The molecule has 0 radical (unpaired) electrons. The normalized spacial score (nSPS) is 14.9. The van der Waals surface area contributed by atoms with Crippen LogP contribution in [0.1, 0.15) is 34.9 Å². The number of carbonyl (C=O) groups is 2. The maximum Gasteiger partial charge on any atom is 0.340 e. The van der Waals surface area contributed by atoms with Gasteiger partial charge in [0, 0.05) is 37.3 Å². The van der Waals surface area contributed by atoms with Crippen LogP contribution in [0.4, 0.5) is 5.69 Å². The van der Waals surface area contributed by atoms with Gasteiger partial charge in [0.25, 0.3) is 5.91 Å². The molecule has 1 saturated heterocycles. The first kappa shape index (κ1) is 17.7. The Hall–Kier alpha value is -3.16. The number of rotatable bonds is 4. The van der Waals surface area contributed by atoms with Crippen molar-refractivity contribution in [3.05, 3.63) is 58.8 Å². The third-order valence-electron chi connectivity index (χ3n) is 4.70. The van der Waals surface area contributed by atoms with E-state index in [0.29, 0.717) is 30.2 Å². The third-order valence-corrected chi connectivity index (χ3v) is 4.70. The number of hydrogen-bond acceptors (Lipinski definition) is 4. The van der Waals surface area contributed by atoms with Crippen molar-refractivity contribution >= 4 is 17.5 Å². The molecular weight excluding hydrogens is 334 g/mol. The van der Waals surface area contributed by atoms with E-state index in [-0.39, 0.29) is 23.4 Å². The number of amides is 2. The maximum absolute atomic E-state index is 12.7. The molecule has 8 nitrogen and oxygen atoms in total. The Morgan fingerprint density at radius 2 is 1.92 bits per heavy atom. The number of hydrogen-bond donors (Lipinski definition) is 2. The standard InChI is InChI=1S/C18H21N5O3/c1-3-15(24)22(2)14-6-4-13(5-7-14)17(25)23-10-8-12(9-11-23)16-19-18(26)21-20-16/h3-7,12H,1,8-11H2,2H3,(H2,19,20,21,26). The Morgan fingerprint density at radius 1 is 1.27 bits per heavy atom. The second-order valence-electron chi connectivity index (χ2n) is 6.28. The minimum Gasteiger partial charge on any atom is -0.339 e. The molecular formula is C18H21N5O3. The number of carbonyl (C=O) groups excluding carboxylic acids is 2. The fourth-order valence-electron chi connectivity index (χ4n) is 3.11. The summed E-state index contributed by atoms with van der Waals surface area (Å²) in [6.45, 7) is 4.68. The van der Waals surface area contributed by atoms with E-state index < -0.39 is 0 Å². The number of aromatic nitrogens is 3. The molecule has 2 heterocycles. The highest BCUT2D eigenvalue weighted by Gasteiger charge is 2.26. The van der Waals surface area contributed by atoms with Crippen LogP contribution in [0.25, 0.3) is 0 Å². The van der Waals surface area contributed by atoms with Crippen LogP contribution in [0.5, 0.6) is 0 Å². The summed E-state index contributed by atoms with van der Waals surface area (Å²) >= 11 is 0. The fourth-order valence-corrected chi connectivity index (χ4v) is 3.11. The van der Waals surface area contributed by atoms with Gasteiger partial charge >= 0.3 is 5.69 Å². The highest BCUT2D eigenvalue weighted by Crippen LogP contribution is 2.26. The minimum atomic E-state index is -0.307. The molecule has 8 heteroatoms. The Bertz CT molecular complexity index is 859. The van der Waals surface area contributed by atoms with Gasteiger partial charge in [-0.3, -0.25) is 14.6 Å². The van der Waals surface area contributed by atoms with Crippen LogP contribution < -0.4 is 10.6 Å². The molecule has 1 aromatic heterocycles. The molecule has 2 N–H and O–H groups in total. The molecule has 1 aliphatic rings. The molecule has 0 aliphatic carbocycles. The number of H-pyrrole nitrogens is 2. The molecule has 0 unspecified atom stereocenters. The molecule has 136 valence electrons. The molecule has 3 rings (SSSR count). The predicted molar refractivity (Wildman–Crippen MR) is 97.1 cm³/mol. The fraction of sp³-hybridized carbons (Fsp3) is 0.333. The monoisotopic (exact) mass is 355 g/mol. The molecule has 1 fully saturated rings. The smallest absolute Gasteiger partial charge is 0.339 e. The van der Waals surface area contributed by atoms with Gasteiger partial charge in [0.15, 0.2) is 0 Å². The van der Waals surface area contributed by atoms with Gasteiger partial charge in [0.05, 0.1) is 0 Å². The Morgan fingerprint density at radius 3 is 2.46 bits per heavy atom. The number of benzene rings is 1. The average Bonchev–Trinajstić information content (AvgIpc) is 3.13. The summed E-state index contributed by atoms with van der Waals surface area (Å²) in [5.74, 6) is 0.561. The van der Waals surface area contributed by atoms with Gasteiger partial charge < -0.3 is 9.80 Å². The summed E-state index contributed by atoms with van der Waals surface area (Å²) in [4.78, 5) is 41.4. The van der Waals surface area contributed by atoms with Gasteiger partial charge in [0.1, 0.15) is 5.82 Å². The van der Waals surface area contributed by atoms with Crippen molar-refractivity contribution in [2.75, 3.05) is 25.0 Å². The van der Waals surface area contributed by atoms with Crippen molar-refractivity contribution in [2.24, 2.45) is 0 Å². The number of nitrogens with one attached hydrogen (secondary N) is 2. The summed E-state index contributed by atoms with van der Waals surface area (Å²) in [5.41, 5.74) is 0.978. The quantitative estimate of drug-likeness (QED) is 0.806. The zero-order valence-corrected chi connectivity index (χ0v) is 14.6. The second-order valence-corrected chi connectivity index (χ2v) is 6.28.